The predicted octanol–water partition coefficient (Wildman–Crippen LogP) is -1.37. The molecule has 0 saturated carbocycles. The quantitative estimate of drug-likeness (QED) is 0.293. The number of hydrazine groups is 3. The fourth-order valence-corrected chi connectivity index (χ4v) is 2.00. The Balaban J connectivity index is 4.69. The maximum atomic E-state index is 5.51. The molecule has 68 valence electrons. The van der Waals surface area contributed by atoms with E-state index in [1.807, 2.05) is 0 Å². The van der Waals surface area contributed by atoms with Gasteiger partial charge in [-0.1, -0.05) is 0 Å². The summed E-state index contributed by atoms with van der Waals surface area (Å²) in [6.45, 7) is -2.27. The molecule has 0 fully saturated rings. The van der Waals surface area contributed by atoms with E-state index in [9.17, 15) is 0 Å². The maximum Gasteiger partial charge on any atom is 0.184 e. The van der Waals surface area contributed by atoms with Crippen LogP contribution in [-0.4, -0.2) is 35.5 Å². The van der Waals surface area contributed by atoms with Gasteiger partial charge in [0, 0.05) is 21.1 Å². The van der Waals surface area contributed by atoms with Crippen molar-refractivity contribution >= 4 is 18.3 Å². The van der Waals surface area contributed by atoms with E-state index in [-0.39, 0.29) is 0 Å². The third-order valence-corrected chi connectivity index (χ3v) is 6.02. The summed E-state index contributed by atoms with van der Waals surface area (Å²) in [6, 6.07) is 0. The number of nitrogens with zero attached hydrogens (tertiary/aromatic N) is 3. The van der Waals surface area contributed by atoms with Crippen molar-refractivity contribution in [3.05, 3.63) is 0 Å². The summed E-state index contributed by atoms with van der Waals surface area (Å²) in [7, 11) is 4.94. The first-order valence-electron chi connectivity index (χ1n) is 2.90. The second-order valence-corrected chi connectivity index (χ2v) is 6.62. The summed E-state index contributed by atoms with van der Waals surface area (Å²) in [4.78, 5) is 0. The van der Waals surface area contributed by atoms with Crippen molar-refractivity contribution in [3.8, 4) is 0 Å². The molecule has 0 spiro atoms. The van der Waals surface area contributed by atoms with Crippen molar-refractivity contribution in [3.63, 3.8) is 0 Å². The average molecular weight is 198 g/mol. The van der Waals surface area contributed by atoms with Gasteiger partial charge in [0.25, 0.3) is 0 Å². The lowest BCUT2D eigenvalue weighted by Gasteiger charge is -2.37. The van der Waals surface area contributed by atoms with Crippen molar-refractivity contribution < 1.29 is 0 Å². The van der Waals surface area contributed by atoms with Crippen LogP contribution in [0.4, 0.5) is 0 Å². The van der Waals surface area contributed by atoms with E-state index < -0.39 is 6.49 Å². The Hall–Kier alpha value is 0.410. The van der Waals surface area contributed by atoms with Crippen LogP contribution >= 0.6 is 6.49 Å². The second kappa shape index (κ2) is 3.88. The molecule has 0 aliphatic heterocycles. The van der Waals surface area contributed by atoms with E-state index in [0.717, 1.165) is 0 Å². The molecular formula is C3H15N6PS. The first kappa shape index (κ1) is 11.4. The van der Waals surface area contributed by atoms with E-state index in [0.29, 0.717) is 0 Å². The van der Waals surface area contributed by atoms with Crippen LogP contribution in [0.15, 0.2) is 0 Å². The van der Waals surface area contributed by atoms with Crippen LogP contribution in [0.1, 0.15) is 0 Å². The monoisotopic (exact) mass is 198 g/mol. The molecule has 0 unspecified atom stereocenters. The van der Waals surface area contributed by atoms with Gasteiger partial charge in [0.05, 0.1) is 0 Å². The van der Waals surface area contributed by atoms with Crippen LogP contribution in [0.25, 0.3) is 0 Å². The van der Waals surface area contributed by atoms with Gasteiger partial charge in [-0.3, -0.25) is 17.5 Å². The van der Waals surface area contributed by atoms with Crippen molar-refractivity contribution in [2.75, 3.05) is 21.1 Å². The van der Waals surface area contributed by atoms with Crippen LogP contribution in [0, 0.1) is 0 Å². The van der Waals surface area contributed by atoms with Gasteiger partial charge in [0.1, 0.15) is 0 Å². The van der Waals surface area contributed by atoms with Crippen LogP contribution in [0.2, 0.25) is 0 Å². The van der Waals surface area contributed by atoms with Crippen LogP contribution < -0.4 is 17.5 Å². The molecule has 0 aromatic rings. The third kappa shape index (κ3) is 2.17. The van der Waals surface area contributed by atoms with Crippen molar-refractivity contribution in [2.45, 2.75) is 0 Å². The van der Waals surface area contributed by atoms with Gasteiger partial charge in [-0.25, -0.2) is 0 Å². The van der Waals surface area contributed by atoms with Gasteiger partial charge in [0.2, 0.25) is 0 Å². The molecule has 0 atom stereocenters. The fourth-order valence-electron chi connectivity index (χ4n) is 0.668. The highest BCUT2D eigenvalue weighted by atomic mass is 32.4. The lowest BCUT2D eigenvalue weighted by atomic mass is 11.5. The molecular weight excluding hydrogens is 183 g/mol. The van der Waals surface area contributed by atoms with Crippen LogP contribution in [-0.2, 0) is 11.8 Å². The Morgan fingerprint density at radius 1 is 0.909 bits per heavy atom. The molecule has 0 radical (unpaired) electrons. The zero-order valence-corrected chi connectivity index (χ0v) is 8.64. The Morgan fingerprint density at radius 3 is 1.09 bits per heavy atom. The highest BCUT2D eigenvalue weighted by Gasteiger charge is 2.27. The predicted molar refractivity (Wildman–Crippen MR) is 50.1 cm³/mol. The smallest absolute Gasteiger partial charge is 0.184 e. The van der Waals surface area contributed by atoms with E-state index in [4.69, 9.17) is 29.3 Å². The van der Waals surface area contributed by atoms with Gasteiger partial charge >= 0.3 is 0 Å². The molecule has 0 aliphatic carbocycles. The summed E-state index contributed by atoms with van der Waals surface area (Å²) < 4.78 is 4.09. The van der Waals surface area contributed by atoms with E-state index in [1.54, 1.807) is 21.1 Å². The molecule has 0 aliphatic rings. The summed E-state index contributed by atoms with van der Waals surface area (Å²) in [5.41, 5.74) is 0. The number of nitrogens with two attached hydrogens (primary N) is 3. The minimum absolute atomic E-state index is 1.36. The molecule has 0 aromatic heterocycles. The highest BCUT2D eigenvalue weighted by molar-refractivity contribution is 8.11. The van der Waals surface area contributed by atoms with Crippen molar-refractivity contribution in [1.82, 2.24) is 14.3 Å². The molecule has 6 N–H and O–H groups in total. The lowest BCUT2D eigenvalue weighted by molar-refractivity contribution is 0.408. The first-order chi connectivity index (χ1) is 4.83. The van der Waals surface area contributed by atoms with Crippen LogP contribution in [0.5, 0.6) is 0 Å². The summed E-state index contributed by atoms with van der Waals surface area (Å²) in [5.74, 6) is 16.5. The second-order valence-electron chi connectivity index (χ2n) is 2.23. The topological polar surface area (TPSA) is 87.8 Å². The molecule has 0 saturated heterocycles. The zero-order valence-electron chi connectivity index (χ0n) is 6.93. The summed E-state index contributed by atoms with van der Waals surface area (Å²) >= 11 is 5.19. The normalized spacial score (nSPS) is 13.5. The van der Waals surface area contributed by atoms with Crippen LogP contribution in [0.3, 0.4) is 0 Å². The first-order valence-corrected chi connectivity index (χ1v) is 5.56. The third-order valence-electron chi connectivity index (χ3n) is 1.23. The zero-order chi connectivity index (χ0) is 9.23. The van der Waals surface area contributed by atoms with E-state index >= 15 is 0 Å². The number of hydrogen-bond acceptors (Lipinski definition) is 4. The minimum Gasteiger partial charge on any atom is -0.263 e. The Labute approximate surface area is 72.0 Å². The van der Waals surface area contributed by atoms with Crippen molar-refractivity contribution in [1.29, 1.82) is 0 Å². The molecule has 11 heavy (non-hydrogen) atoms. The molecule has 0 rings (SSSR count). The minimum atomic E-state index is -2.27. The van der Waals surface area contributed by atoms with Gasteiger partial charge in [-0.2, -0.15) is 14.3 Å². The van der Waals surface area contributed by atoms with Gasteiger partial charge in [-0.05, 0) is 11.8 Å². The molecule has 6 nitrogen and oxygen atoms in total. The molecule has 0 aromatic carbocycles. The van der Waals surface area contributed by atoms with Gasteiger partial charge in [-0.15, -0.1) is 0 Å². The number of hydrogen-bond donors (Lipinski definition) is 3. The Bertz CT molecular complexity index is 139. The van der Waals surface area contributed by atoms with Crippen molar-refractivity contribution in [2.24, 2.45) is 17.5 Å². The molecule has 0 heterocycles. The standard InChI is InChI=1S/C3H15N6PS/c1-7(4)10(11,8(2)5)9(3)6/h4-6H2,1-3H3. The fraction of sp³-hybridized carbons (Fsp3) is 1.00. The number of rotatable bonds is 3. The lowest BCUT2D eigenvalue weighted by Crippen LogP contribution is -2.44. The van der Waals surface area contributed by atoms with Gasteiger partial charge in [0.15, 0.2) is 6.49 Å². The summed E-state index contributed by atoms with van der Waals surface area (Å²) in [5, 5.41) is 0. The highest BCUT2D eigenvalue weighted by Crippen LogP contribution is 2.48. The van der Waals surface area contributed by atoms with E-state index in [1.165, 1.54) is 14.3 Å². The molecule has 0 amide bonds. The Kier molecular flexibility index (Phi) is 4.03. The van der Waals surface area contributed by atoms with Gasteiger partial charge < -0.3 is 0 Å². The summed E-state index contributed by atoms with van der Waals surface area (Å²) in [6.07, 6.45) is 0. The Morgan fingerprint density at radius 2 is 1.09 bits per heavy atom. The molecule has 0 bridgehead atoms. The maximum absolute atomic E-state index is 5.51. The average Bonchev–Trinajstić information content (AvgIpc) is 1.84. The largest absolute Gasteiger partial charge is 0.263 e. The SMILES string of the molecule is CN(N)P(=S)(N(C)N)N(C)N. The molecule has 8 heteroatoms. The van der Waals surface area contributed by atoms with E-state index in [2.05, 4.69) is 0 Å².